The highest BCUT2D eigenvalue weighted by atomic mass is 32.1. The Hall–Kier alpha value is -2.99. The number of nitrogens with zero attached hydrogens (tertiary/aromatic N) is 1. The Labute approximate surface area is 148 Å². The lowest BCUT2D eigenvalue weighted by Gasteiger charge is -2.10. The molecule has 0 aliphatic carbocycles. The van der Waals surface area contributed by atoms with Gasteiger partial charge in [0, 0.05) is 5.56 Å². The van der Waals surface area contributed by atoms with Gasteiger partial charge in [0.25, 0.3) is 0 Å². The number of hydrogen-bond acceptors (Lipinski definition) is 6. The van der Waals surface area contributed by atoms with Crippen LogP contribution >= 0.6 is 11.3 Å². The molecule has 3 aromatic rings. The van der Waals surface area contributed by atoms with Crippen molar-refractivity contribution in [2.45, 2.75) is 6.92 Å². The molecule has 1 aromatic heterocycles. The summed E-state index contributed by atoms with van der Waals surface area (Å²) in [7, 11) is 0. The molecule has 25 heavy (non-hydrogen) atoms. The van der Waals surface area contributed by atoms with Crippen molar-refractivity contribution < 1.29 is 19.4 Å². The van der Waals surface area contributed by atoms with Gasteiger partial charge in [-0.05, 0) is 18.6 Å². The fraction of sp³-hybridized carbons (Fsp3) is 0.105. The first-order valence-corrected chi connectivity index (χ1v) is 8.37. The highest BCUT2D eigenvalue weighted by molar-refractivity contribution is 7.15. The van der Waals surface area contributed by atoms with E-state index in [4.69, 9.17) is 4.74 Å². The van der Waals surface area contributed by atoms with E-state index in [0.717, 1.165) is 22.5 Å². The number of ketones is 1. The summed E-state index contributed by atoms with van der Waals surface area (Å²) in [4.78, 5) is 27.2. The summed E-state index contributed by atoms with van der Waals surface area (Å²) in [6, 6.07) is 17.1. The summed E-state index contributed by atoms with van der Waals surface area (Å²) in [5, 5.41) is 11.1. The lowest BCUT2D eigenvalue weighted by molar-refractivity contribution is -0.254. The summed E-state index contributed by atoms with van der Waals surface area (Å²) in [5.41, 5.74) is 2.13. The molecule has 5 nitrogen and oxygen atoms in total. The van der Waals surface area contributed by atoms with Gasteiger partial charge >= 0.3 is 0 Å². The van der Waals surface area contributed by atoms with Gasteiger partial charge in [-0.2, -0.15) is 0 Å². The predicted molar refractivity (Wildman–Crippen MR) is 92.9 cm³/mol. The first-order chi connectivity index (χ1) is 12.1. The summed E-state index contributed by atoms with van der Waals surface area (Å²) >= 11 is 0.809. The topological polar surface area (TPSA) is 79.3 Å². The van der Waals surface area contributed by atoms with Gasteiger partial charge < -0.3 is 14.6 Å². The van der Waals surface area contributed by atoms with E-state index < -0.39 is 5.97 Å². The van der Waals surface area contributed by atoms with Crippen molar-refractivity contribution in [2.24, 2.45) is 0 Å². The molecule has 0 fully saturated rings. The minimum absolute atomic E-state index is 0.0342. The number of carbonyl (C=O) groups is 2. The minimum atomic E-state index is -1.33. The standard InChI is InChI=1S/C19H15NO4S/c1-12-17(19(22)23)25-18(20-12)15(21)11-24-16-10-6-5-9-14(16)13-7-3-2-4-8-13/h2-10H,11H2,1H3,(H,22,23)/p-1. The Morgan fingerprint density at radius 3 is 2.44 bits per heavy atom. The van der Waals surface area contributed by atoms with E-state index in [9.17, 15) is 14.7 Å². The van der Waals surface area contributed by atoms with Gasteiger partial charge in [0.2, 0.25) is 5.78 Å². The highest BCUT2D eigenvalue weighted by Crippen LogP contribution is 2.29. The number of hydrogen-bond donors (Lipinski definition) is 0. The quantitative estimate of drug-likeness (QED) is 0.637. The summed E-state index contributed by atoms with van der Waals surface area (Å²) < 4.78 is 5.67. The Kier molecular flexibility index (Phi) is 4.90. The van der Waals surface area contributed by atoms with Crippen LogP contribution in [0, 0.1) is 6.92 Å². The number of aryl methyl sites for hydroxylation is 1. The number of carboxylic acid groups (broad SMARTS) is 1. The van der Waals surface area contributed by atoms with Gasteiger partial charge in [-0.25, -0.2) is 4.98 Å². The molecule has 0 radical (unpaired) electrons. The molecular weight excluding hydrogens is 338 g/mol. The number of Topliss-reactive ketones (excluding diaryl/α,β-unsaturated/α-hetero) is 1. The van der Waals surface area contributed by atoms with Gasteiger partial charge in [-0.15, -0.1) is 11.3 Å². The van der Waals surface area contributed by atoms with Gasteiger partial charge in [-0.3, -0.25) is 4.79 Å². The molecule has 1 heterocycles. The third kappa shape index (κ3) is 3.75. The van der Waals surface area contributed by atoms with E-state index >= 15 is 0 Å². The molecule has 3 rings (SSSR count). The zero-order valence-electron chi connectivity index (χ0n) is 13.4. The van der Waals surface area contributed by atoms with E-state index in [1.54, 1.807) is 6.07 Å². The molecule has 0 aliphatic rings. The van der Waals surface area contributed by atoms with Crippen LogP contribution in [0.3, 0.4) is 0 Å². The normalized spacial score (nSPS) is 10.4. The average molecular weight is 352 g/mol. The Morgan fingerprint density at radius 2 is 1.76 bits per heavy atom. The molecule has 126 valence electrons. The van der Waals surface area contributed by atoms with Crippen molar-refractivity contribution in [2.75, 3.05) is 6.61 Å². The molecule has 0 saturated heterocycles. The maximum atomic E-state index is 12.3. The second-order valence-electron chi connectivity index (χ2n) is 5.30. The largest absolute Gasteiger partial charge is 0.544 e. The van der Waals surface area contributed by atoms with Gasteiger partial charge in [0.1, 0.15) is 5.75 Å². The van der Waals surface area contributed by atoms with Crippen molar-refractivity contribution in [3.8, 4) is 16.9 Å². The Balaban J connectivity index is 1.77. The molecule has 0 unspecified atom stereocenters. The first kappa shape index (κ1) is 16.9. The number of aromatic nitrogens is 1. The van der Waals surface area contributed by atoms with E-state index in [1.807, 2.05) is 48.5 Å². The number of ether oxygens (including phenoxy) is 1. The molecule has 0 spiro atoms. The van der Waals surface area contributed by atoms with Crippen LogP contribution in [0.2, 0.25) is 0 Å². The summed E-state index contributed by atoms with van der Waals surface area (Å²) in [6.07, 6.45) is 0. The second kappa shape index (κ2) is 7.27. The van der Waals surface area contributed by atoms with Crippen molar-refractivity contribution >= 4 is 23.1 Å². The third-order valence-corrected chi connectivity index (χ3v) is 4.73. The molecule has 0 N–H and O–H groups in total. The first-order valence-electron chi connectivity index (χ1n) is 7.55. The van der Waals surface area contributed by atoms with Crippen LogP contribution in [0.4, 0.5) is 0 Å². The maximum absolute atomic E-state index is 12.3. The number of aromatic carboxylic acids is 1. The minimum Gasteiger partial charge on any atom is -0.544 e. The maximum Gasteiger partial charge on any atom is 0.228 e. The Bertz CT molecular complexity index is 918. The lowest BCUT2D eigenvalue weighted by atomic mass is 10.1. The highest BCUT2D eigenvalue weighted by Gasteiger charge is 2.16. The summed E-state index contributed by atoms with van der Waals surface area (Å²) in [6.45, 7) is 1.31. The van der Waals surface area contributed by atoms with Crippen LogP contribution in [0.5, 0.6) is 5.75 Å². The molecule has 0 aliphatic heterocycles. The number of carboxylic acids is 1. The monoisotopic (exact) mass is 352 g/mol. The zero-order chi connectivity index (χ0) is 17.8. The molecule has 2 aromatic carbocycles. The average Bonchev–Trinajstić information content (AvgIpc) is 3.03. The number of rotatable bonds is 6. The molecular formula is C19H14NO4S-. The molecule has 0 saturated carbocycles. The SMILES string of the molecule is Cc1nc(C(=O)COc2ccccc2-c2ccccc2)sc1C(=O)[O-]. The fourth-order valence-corrected chi connectivity index (χ4v) is 3.18. The van der Waals surface area contributed by atoms with E-state index in [0.29, 0.717) is 5.75 Å². The van der Waals surface area contributed by atoms with Crippen molar-refractivity contribution in [3.63, 3.8) is 0 Å². The van der Waals surface area contributed by atoms with Crippen molar-refractivity contribution in [3.05, 3.63) is 70.2 Å². The number of benzene rings is 2. The van der Waals surface area contributed by atoms with Crippen LogP contribution in [0.1, 0.15) is 25.2 Å². The molecule has 0 bridgehead atoms. The zero-order valence-corrected chi connectivity index (χ0v) is 14.2. The van der Waals surface area contributed by atoms with Gasteiger partial charge in [-0.1, -0.05) is 48.5 Å². The smallest absolute Gasteiger partial charge is 0.228 e. The van der Waals surface area contributed by atoms with Crippen molar-refractivity contribution in [1.29, 1.82) is 0 Å². The van der Waals surface area contributed by atoms with Crippen LogP contribution in [-0.4, -0.2) is 23.3 Å². The van der Waals surface area contributed by atoms with Crippen LogP contribution in [0.25, 0.3) is 11.1 Å². The summed E-state index contributed by atoms with van der Waals surface area (Å²) in [5.74, 6) is -1.12. The van der Waals surface area contributed by atoms with E-state index in [1.165, 1.54) is 6.92 Å². The predicted octanol–water partition coefficient (Wildman–Crippen LogP) is 2.74. The number of carbonyl (C=O) groups excluding carboxylic acids is 2. The van der Waals surface area contributed by atoms with Crippen LogP contribution in [0.15, 0.2) is 54.6 Å². The van der Waals surface area contributed by atoms with Crippen LogP contribution < -0.4 is 9.84 Å². The number of para-hydroxylation sites is 1. The van der Waals surface area contributed by atoms with Crippen LogP contribution in [-0.2, 0) is 0 Å². The lowest BCUT2D eigenvalue weighted by Crippen LogP contribution is -2.21. The fourth-order valence-electron chi connectivity index (χ4n) is 2.36. The van der Waals surface area contributed by atoms with Gasteiger partial charge in [0.05, 0.1) is 16.5 Å². The molecule has 0 amide bonds. The third-order valence-electron chi connectivity index (χ3n) is 3.55. The van der Waals surface area contributed by atoms with Crippen molar-refractivity contribution in [1.82, 2.24) is 4.98 Å². The molecule has 6 heteroatoms. The van der Waals surface area contributed by atoms with E-state index in [2.05, 4.69) is 4.98 Å². The number of thiazole rings is 1. The second-order valence-corrected chi connectivity index (χ2v) is 6.29. The van der Waals surface area contributed by atoms with E-state index in [-0.39, 0.29) is 28.0 Å². The Morgan fingerprint density at radius 1 is 1.08 bits per heavy atom. The molecule has 0 atom stereocenters. The van der Waals surface area contributed by atoms with Gasteiger partial charge in [0.15, 0.2) is 11.6 Å².